The van der Waals surface area contributed by atoms with Crippen molar-refractivity contribution >= 4 is 59.5 Å². The van der Waals surface area contributed by atoms with Gasteiger partial charge in [-0.3, -0.25) is 43.2 Å². The quantitative estimate of drug-likeness (QED) is 0.0680. The summed E-state index contributed by atoms with van der Waals surface area (Å²) in [5, 5.41) is 0. The van der Waals surface area contributed by atoms with Crippen LogP contribution >= 0.6 is 0 Å². The summed E-state index contributed by atoms with van der Waals surface area (Å²) in [5.41, 5.74) is -6.30. The fourth-order valence-corrected chi connectivity index (χ4v) is 18.8. The molecule has 108 heavy (non-hydrogen) atoms. The van der Waals surface area contributed by atoms with Gasteiger partial charge in [0, 0.05) is 43.4 Å². The molecule has 10 saturated carbocycles. The second kappa shape index (κ2) is 33.1. The van der Waals surface area contributed by atoms with Gasteiger partial charge in [-0.1, -0.05) is 62.3 Å². The standard InChI is InChI=1S/C25H40O6.C23H38O6.C23H38O3.C17H28O5/c1-8-22(4,5)20(27)29-14-19(26)30-25-12-17-9-18(13-25)11-24(10-17,15-25)21(28)31-23(6,7)16(2)3;1-10-23(8,9)20(26)27-15-12-13-11-14(15)17(19(25)29-22(5,6)7)16(13)18(24)28-21(2,3)4;1-7-22(5,6)20(25)26-23(14-19(24)13-21(2,3)4)17-9-15-8-16(11-17)12-18(23)10-15;1-7-17(5,6)15(19)21-12-9-10-8-11(13(12)20-10)14(18)22-16(2,3)4/h16-18H,8-15H2,1-7H3;13-17H,10-12H2,1-9H3;15-18H,7-14H2,1-6H3;10-13H,7-9H2,1-6H3. The SMILES string of the molecule is CCC(C)(C)C(=O)OC1(CC(=O)CC(C)(C)C)C2CC3CC(C2)CC1C3.CCC(C)(C)C(=O)OC1CC2CC(C(=O)OC(C)(C)C)C1O2.CCC(C)(C)C(=O)OC1CC2CC1C(C(=O)OC(C)(C)C)C2C(=O)OC(C)(C)C.CCC(C)(C)C(=O)OCC(=O)OC12CC3CC(C1)CC(C(=O)OC(C)(C)C(C)C)(C3)C2. The summed E-state index contributed by atoms with van der Waals surface area (Å²) in [6.07, 6.45) is 16.0. The summed E-state index contributed by atoms with van der Waals surface area (Å²) >= 11 is 0. The molecule has 0 aromatic rings. The van der Waals surface area contributed by atoms with Crippen LogP contribution < -0.4 is 0 Å². The highest BCUT2D eigenvalue weighted by Crippen LogP contribution is 2.65. The van der Waals surface area contributed by atoms with E-state index < -0.39 is 90.4 Å². The van der Waals surface area contributed by atoms with Crippen LogP contribution in [0.1, 0.15) is 329 Å². The van der Waals surface area contributed by atoms with E-state index >= 15 is 0 Å². The fraction of sp³-hybridized carbons (Fsp3) is 0.886. The van der Waals surface area contributed by atoms with Gasteiger partial charge in [0.15, 0.2) is 6.61 Å². The van der Waals surface area contributed by atoms with Gasteiger partial charge in [0.1, 0.15) is 57.7 Å². The monoisotopic (exact) mass is 1520 g/mol. The van der Waals surface area contributed by atoms with Gasteiger partial charge in [0.05, 0.1) is 50.9 Å². The van der Waals surface area contributed by atoms with Crippen molar-refractivity contribution in [3.8, 4) is 0 Å². The van der Waals surface area contributed by atoms with Crippen LogP contribution in [0, 0.1) is 104 Å². The largest absolute Gasteiger partial charge is 0.462 e. The summed E-state index contributed by atoms with van der Waals surface area (Å²) < 4.78 is 57.6. The van der Waals surface area contributed by atoms with Crippen molar-refractivity contribution in [2.45, 2.75) is 387 Å². The number of esters is 9. The molecule has 0 aromatic heterocycles. The average Bonchev–Trinajstić information content (AvgIpc) is 1.15. The number of ether oxygens (including phenoxy) is 10. The lowest BCUT2D eigenvalue weighted by Crippen LogP contribution is -2.61. The molecule has 12 bridgehead atoms. The van der Waals surface area contributed by atoms with Crippen molar-refractivity contribution in [2.75, 3.05) is 6.61 Å². The fourth-order valence-electron chi connectivity index (χ4n) is 18.8. The zero-order chi connectivity index (χ0) is 81.6. The molecular weight excluding hydrogens is 1380 g/mol. The smallest absolute Gasteiger partial charge is 0.344 e. The highest BCUT2D eigenvalue weighted by molar-refractivity contribution is 5.86. The molecule has 2 saturated heterocycles. The van der Waals surface area contributed by atoms with Crippen LogP contribution in [0.15, 0.2) is 0 Å². The minimum Gasteiger partial charge on any atom is -0.462 e. The molecule has 616 valence electrons. The first kappa shape index (κ1) is 90.1. The van der Waals surface area contributed by atoms with Crippen molar-refractivity contribution in [3.63, 3.8) is 0 Å². The van der Waals surface area contributed by atoms with Gasteiger partial charge in [-0.25, -0.2) is 4.79 Å². The lowest BCUT2D eigenvalue weighted by molar-refractivity contribution is -0.221. The number of Topliss-reactive ketones (excluding diaryl/α,β-unsaturated/α-hetero) is 1. The first-order chi connectivity index (χ1) is 49.3. The van der Waals surface area contributed by atoms with Crippen molar-refractivity contribution in [1.29, 1.82) is 0 Å². The van der Waals surface area contributed by atoms with Gasteiger partial charge in [-0.2, -0.15) is 0 Å². The van der Waals surface area contributed by atoms with Crippen molar-refractivity contribution in [3.05, 3.63) is 0 Å². The second-order valence-corrected chi connectivity index (χ2v) is 42.4. The molecule has 0 amide bonds. The van der Waals surface area contributed by atoms with Crippen LogP contribution in [0.2, 0.25) is 0 Å². The predicted octanol–water partition coefficient (Wildman–Crippen LogP) is 17.5. The maximum absolute atomic E-state index is 13.4. The van der Waals surface area contributed by atoms with Gasteiger partial charge >= 0.3 is 53.7 Å². The normalized spacial score (nSPS) is 32.2. The highest BCUT2D eigenvalue weighted by atomic mass is 16.6. The Kier molecular flexibility index (Phi) is 27.6. The molecule has 12 fully saturated rings. The summed E-state index contributed by atoms with van der Waals surface area (Å²) in [4.78, 5) is 127. The van der Waals surface area contributed by atoms with Crippen LogP contribution in [0.3, 0.4) is 0 Å². The van der Waals surface area contributed by atoms with Gasteiger partial charge in [0.25, 0.3) is 0 Å². The number of hydrogen-bond acceptors (Lipinski definition) is 20. The maximum Gasteiger partial charge on any atom is 0.344 e. The molecule has 20 nitrogen and oxygen atoms in total. The molecule has 11 atom stereocenters. The van der Waals surface area contributed by atoms with Crippen LogP contribution in [-0.4, -0.2) is 124 Å². The average molecular weight is 1520 g/mol. The highest BCUT2D eigenvalue weighted by Gasteiger charge is 2.66. The van der Waals surface area contributed by atoms with E-state index in [-0.39, 0.29) is 102 Å². The summed E-state index contributed by atoms with van der Waals surface area (Å²) in [7, 11) is 0. The Morgan fingerprint density at radius 3 is 1.35 bits per heavy atom. The molecule has 0 aromatic carbocycles. The first-order valence-corrected chi connectivity index (χ1v) is 41.4. The third-order valence-corrected chi connectivity index (χ3v) is 26.2. The third kappa shape index (κ3) is 22.0. The second-order valence-electron chi connectivity index (χ2n) is 42.4. The molecule has 10 aliphatic carbocycles. The molecule has 0 radical (unpaired) electrons. The van der Waals surface area contributed by atoms with E-state index in [4.69, 9.17) is 47.4 Å². The first-order valence-electron chi connectivity index (χ1n) is 41.4. The number of ketones is 1. The van der Waals surface area contributed by atoms with E-state index in [1.165, 1.54) is 6.42 Å². The Bertz CT molecular complexity index is 3200. The molecular formula is C88H144O20. The number of carbonyl (C=O) groups excluding carboxylic acids is 10. The lowest BCUT2D eigenvalue weighted by Gasteiger charge is -2.60. The van der Waals surface area contributed by atoms with E-state index in [9.17, 15) is 47.9 Å². The van der Waals surface area contributed by atoms with Crippen LogP contribution in [0.25, 0.3) is 0 Å². The summed E-state index contributed by atoms with van der Waals surface area (Å²) in [6.45, 7) is 53.2. The van der Waals surface area contributed by atoms with Gasteiger partial charge in [-0.15, -0.1) is 0 Å². The maximum atomic E-state index is 13.4. The van der Waals surface area contributed by atoms with Gasteiger partial charge < -0.3 is 47.4 Å². The molecule has 0 N–H and O–H groups in total. The van der Waals surface area contributed by atoms with E-state index in [2.05, 4.69) is 34.6 Å². The predicted molar refractivity (Wildman–Crippen MR) is 410 cm³/mol. The molecule has 12 rings (SSSR count). The third-order valence-electron chi connectivity index (χ3n) is 26.2. The van der Waals surface area contributed by atoms with Crippen molar-refractivity contribution in [1.82, 2.24) is 0 Å². The number of hydrogen-bond donors (Lipinski definition) is 0. The Labute approximate surface area is 648 Å². The van der Waals surface area contributed by atoms with E-state index in [1.807, 2.05) is 145 Å². The molecule has 11 unspecified atom stereocenters. The van der Waals surface area contributed by atoms with Crippen LogP contribution in [0.5, 0.6) is 0 Å². The Morgan fingerprint density at radius 2 is 0.898 bits per heavy atom. The molecule has 2 aliphatic heterocycles. The van der Waals surface area contributed by atoms with Crippen molar-refractivity contribution < 1.29 is 95.3 Å². The zero-order valence-corrected chi connectivity index (χ0v) is 72.0. The van der Waals surface area contributed by atoms with Crippen LogP contribution in [-0.2, 0) is 95.3 Å². The van der Waals surface area contributed by atoms with E-state index in [0.29, 0.717) is 87.9 Å². The Balaban J connectivity index is 0.000000202. The minimum atomic E-state index is -0.659. The molecule has 2 heterocycles. The van der Waals surface area contributed by atoms with Gasteiger partial charge in [0.2, 0.25) is 0 Å². The van der Waals surface area contributed by atoms with Gasteiger partial charge in [-0.05, 0) is 282 Å². The molecule has 0 spiro atoms. The Morgan fingerprint density at radius 1 is 0.454 bits per heavy atom. The van der Waals surface area contributed by atoms with E-state index in [1.54, 1.807) is 13.8 Å². The number of fused-ring (bicyclic) bond motifs is 4. The Hall–Kier alpha value is -5.14. The van der Waals surface area contributed by atoms with E-state index in [0.717, 1.165) is 76.0 Å². The molecule has 12 aliphatic rings. The summed E-state index contributed by atoms with van der Waals surface area (Å²) in [5.74, 6) is -0.884. The summed E-state index contributed by atoms with van der Waals surface area (Å²) in [6, 6.07) is 0. The molecule has 20 heteroatoms. The minimum absolute atomic E-state index is 0.00921. The lowest BCUT2D eigenvalue weighted by atomic mass is 9.48. The zero-order valence-electron chi connectivity index (χ0n) is 72.0. The topological polar surface area (TPSA) is 263 Å². The van der Waals surface area contributed by atoms with Crippen molar-refractivity contribution in [2.24, 2.45) is 104 Å². The van der Waals surface area contributed by atoms with Crippen LogP contribution in [0.4, 0.5) is 0 Å². The number of rotatable bonds is 23. The number of carbonyl (C=O) groups is 10.